The maximum Gasteiger partial charge on any atom is 0.341 e. The Morgan fingerprint density at radius 1 is 1.13 bits per heavy atom. The summed E-state index contributed by atoms with van der Waals surface area (Å²) in [5.41, 5.74) is 4.34. The van der Waals surface area contributed by atoms with Crippen LogP contribution in [0.5, 0.6) is 0 Å². The van der Waals surface area contributed by atoms with Gasteiger partial charge in [0, 0.05) is 4.88 Å². The van der Waals surface area contributed by atoms with Crippen molar-refractivity contribution in [3.8, 4) is 0 Å². The molecule has 162 valence electrons. The molecule has 2 aromatic rings. The number of esters is 1. The van der Waals surface area contributed by atoms with Crippen LogP contribution in [-0.2, 0) is 17.6 Å². The van der Waals surface area contributed by atoms with Gasteiger partial charge in [-0.05, 0) is 73.9 Å². The molecule has 30 heavy (non-hydrogen) atoms. The average Bonchev–Trinajstić information content (AvgIpc) is 2.92. The second-order valence-electron chi connectivity index (χ2n) is 8.06. The van der Waals surface area contributed by atoms with E-state index in [4.69, 9.17) is 17.0 Å². The highest BCUT2D eigenvalue weighted by Crippen LogP contribution is 2.38. The van der Waals surface area contributed by atoms with Crippen molar-refractivity contribution in [1.82, 2.24) is 5.32 Å². The molecule has 2 N–H and O–H groups in total. The number of benzene rings is 1. The molecular formula is C24H32N2O2S2. The first-order chi connectivity index (χ1) is 14.4. The zero-order valence-corrected chi connectivity index (χ0v) is 20.0. The van der Waals surface area contributed by atoms with E-state index >= 15 is 0 Å². The molecule has 0 fully saturated rings. The van der Waals surface area contributed by atoms with Crippen molar-refractivity contribution in [2.75, 3.05) is 12.4 Å². The van der Waals surface area contributed by atoms with Crippen LogP contribution in [0.2, 0.25) is 0 Å². The van der Waals surface area contributed by atoms with E-state index < -0.39 is 0 Å². The number of methoxy groups -OCH3 is 1. The summed E-state index contributed by atoms with van der Waals surface area (Å²) in [6.45, 7) is 6.55. The van der Waals surface area contributed by atoms with Gasteiger partial charge < -0.3 is 15.4 Å². The summed E-state index contributed by atoms with van der Waals surface area (Å²) in [6.07, 6.45) is 6.56. The lowest BCUT2D eigenvalue weighted by Crippen LogP contribution is -2.31. The van der Waals surface area contributed by atoms with Gasteiger partial charge in [0.15, 0.2) is 5.11 Å². The smallest absolute Gasteiger partial charge is 0.341 e. The predicted molar refractivity (Wildman–Crippen MR) is 130 cm³/mol. The van der Waals surface area contributed by atoms with Crippen LogP contribution in [0.15, 0.2) is 24.3 Å². The van der Waals surface area contributed by atoms with E-state index in [0.29, 0.717) is 16.6 Å². The minimum atomic E-state index is -0.284. The normalized spacial score (nSPS) is 15.5. The fourth-order valence-electron chi connectivity index (χ4n) is 3.92. The highest BCUT2D eigenvalue weighted by atomic mass is 32.1. The zero-order valence-electron chi connectivity index (χ0n) is 18.3. The molecule has 0 bridgehead atoms. The Kier molecular flexibility index (Phi) is 7.89. The molecule has 2 unspecified atom stereocenters. The number of carbonyl (C=O) groups is 1. The van der Waals surface area contributed by atoms with Gasteiger partial charge in [0.25, 0.3) is 0 Å². The Morgan fingerprint density at radius 3 is 2.47 bits per heavy atom. The number of thiophene rings is 1. The lowest BCUT2D eigenvalue weighted by molar-refractivity contribution is 0.0601. The van der Waals surface area contributed by atoms with Crippen LogP contribution in [0, 0.1) is 0 Å². The van der Waals surface area contributed by atoms with Crippen molar-refractivity contribution < 1.29 is 9.53 Å². The molecule has 4 nitrogen and oxygen atoms in total. The minimum absolute atomic E-state index is 0.0651. The SMILES string of the molecule is CCC(C)c1ccc(C(C)NC(=S)Nc2sc3c(c2C(=O)OC)CCCCC3)cc1. The maximum absolute atomic E-state index is 12.5. The van der Waals surface area contributed by atoms with Crippen LogP contribution < -0.4 is 10.6 Å². The van der Waals surface area contributed by atoms with E-state index in [1.54, 1.807) is 11.3 Å². The summed E-state index contributed by atoms with van der Waals surface area (Å²) >= 11 is 7.22. The van der Waals surface area contributed by atoms with Gasteiger partial charge in [0.2, 0.25) is 0 Å². The molecule has 0 spiro atoms. The first kappa shape index (κ1) is 22.8. The minimum Gasteiger partial charge on any atom is -0.465 e. The number of carbonyl (C=O) groups excluding carboxylic acids is 1. The van der Waals surface area contributed by atoms with Crippen molar-refractivity contribution in [2.24, 2.45) is 0 Å². The number of rotatable bonds is 6. The summed E-state index contributed by atoms with van der Waals surface area (Å²) < 4.78 is 5.08. The van der Waals surface area contributed by atoms with E-state index in [-0.39, 0.29) is 12.0 Å². The molecule has 0 radical (unpaired) electrons. The number of fused-ring (bicyclic) bond motifs is 1. The number of aryl methyl sites for hydroxylation is 1. The Bertz CT molecular complexity index is 889. The Hall–Kier alpha value is -1.92. The highest BCUT2D eigenvalue weighted by molar-refractivity contribution is 7.80. The topological polar surface area (TPSA) is 50.4 Å². The van der Waals surface area contributed by atoms with E-state index in [2.05, 4.69) is 55.7 Å². The number of ether oxygens (including phenoxy) is 1. The van der Waals surface area contributed by atoms with Gasteiger partial charge in [-0.1, -0.05) is 44.5 Å². The van der Waals surface area contributed by atoms with Crippen molar-refractivity contribution in [1.29, 1.82) is 0 Å². The molecule has 1 aliphatic carbocycles. The van der Waals surface area contributed by atoms with Crippen LogP contribution >= 0.6 is 23.6 Å². The largest absolute Gasteiger partial charge is 0.465 e. The molecule has 1 heterocycles. The van der Waals surface area contributed by atoms with E-state index in [0.717, 1.165) is 36.2 Å². The van der Waals surface area contributed by atoms with Gasteiger partial charge in [0.05, 0.1) is 18.7 Å². The Morgan fingerprint density at radius 2 is 1.80 bits per heavy atom. The predicted octanol–water partition coefficient (Wildman–Crippen LogP) is 6.36. The second-order valence-corrected chi connectivity index (χ2v) is 9.57. The summed E-state index contributed by atoms with van der Waals surface area (Å²) in [6, 6.07) is 8.79. The van der Waals surface area contributed by atoms with Gasteiger partial charge in [-0.25, -0.2) is 4.79 Å². The van der Waals surface area contributed by atoms with Gasteiger partial charge >= 0.3 is 5.97 Å². The number of thiocarbonyl (C=S) groups is 1. The zero-order chi connectivity index (χ0) is 21.7. The van der Waals surface area contributed by atoms with Crippen LogP contribution in [0.1, 0.15) is 90.3 Å². The molecule has 3 rings (SSSR count). The van der Waals surface area contributed by atoms with E-state index in [9.17, 15) is 4.79 Å². The van der Waals surface area contributed by atoms with Crippen molar-refractivity contribution in [2.45, 2.75) is 71.3 Å². The number of hydrogen-bond donors (Lipinski definition) is 2. The molecule has 1 aliphatic rings. The molecule has 1 aromatic carbocycles. The lowest BCUT2D eigenvalue weighted by Gasteiger charge is -2.18. The van der Waals surface area contributed by atoms with Crippen molar-refractivity contribution >= 4 is 39.6 Å². The molecule has 6 heteroatoms. The summed E-state index contributed by atoms with van der Waals surface area (Å²) in [5, 5.41) is 7.96. The summed E-state index contributed by atoms with van der Waals surface area (Å²) in [4.78, 5) is 13.8. The number of hydrogen-bond acceptors (Lipinski definition) is 4. The molecular weight excluding hydrogens is 412 g/mol. The molecule has 1 aromatic heterocycles. The maximum atomic E-state index is 12.5. The van der Waals surface area contributed by atoms with Gasteiger partial charge in [-0.15, -0.1) is 11.3 Å². The Balaban J connectivity index is 1.72. The first-order valence-corrected chi connectivity index (χ1v) is 12.1. The van der Waals surface area contributed by atoms with E-state index in [1.165, 1.54) is 36.0 Å². The van der Waals surface area contributed by atoms with Crippen LogP contribution in [0.3, 0.4) is 0 Å². The fraction of sp³-hybridized carbons (Fsp3) is 0.500. The number of anilines is 1. The van der Waals surface area contributed by atoms with Gasteiger partial charge in [-0.2, -0.15) is 0 Å². The average molecular weight is 445 g/mol. The Labute approximate surface area is 189 Å². The summed E-state index contributed by atoms with van der Waals surface area (Å²) in [5.74, 6) is 0.282. The van der Waals surface area contributed by atoms with Crippen molar-refractivity contribution in [3.05, 3.63) is 51.4 Å². The standard InChI is InChI=1S/C24H32N2O2S2/c1-5-15(2)17-11-13-18(14-12-17)16(3)25-24(29)26-22-21(23(27)28-4)19-9-7-6-8-10-20(19)30-22/h11-16H,5-10H2,1-4H3,(H2,25,26,29). The van der Waals surface area contributed by atoms with Crippen molar-refractivity contribution in [3.63, 3.8) is 0 Å². The third-order valence-corrected chi connectivity index (χ3v) is 7.43. The molecule has 0 amide bonds. The van der Waals surface area contributed by atoms with E-state index in [1.807, 2.05) is 0 Å². The highest BCUT2D eigenvalue weighted by Gasteiger charge is 2.26. The molecule has 0 saturated carbocycles. The van der Waals surface area contributed by atoms with Crippen LogP contribution in [0.4, 0.5) is 5.00 Å². The molecule has 2 atom stereocenters. The summed E-state index contributed by atoms with van der Waals surface area (Å²) in [7, 11) is 1.44. The fourth-order valence-corrected chi connectivity index (χ4v) is 5.54. The first-order valence-electron chi connectivity index (χ1n) is 10.8. The molecule has 0 saturated heterocycles. The van der Waals surface area contributed by atoms with Crippen LogP contribution in [0.25, 0.3) is 0 Å². The third kappa shape index (κ3) is 5.22. The van der Waals surface area contributed by atoms with Crippen LogP contribution in [-0.4, -0.2) is 18.2 Å². The lowest BCUT2D eigenvalue weighted by atomic mass is 9.96. The van der Waals surface area contributed by atoms with Gasteiger partial charge in [-0.3, -0.25) is 0 Å². The monoisotopic (exact) mass is 444 g/mol. The van der Waals surface area contributed by atoms with Gasteiger partial charge in [0.1, 0.15) is 5.00 Å². The molecule has 0 aliphatic heterocycles. The third-order valence-electron chi connectivity index (χ3n) is 6.00. The number of nitrogens with one attached hydrogen (secondary N) is 2. The quantitative estimate of drug-likeness (QED) is 0.308. The second kappa shape index (κ2) is 10.4.